The summed E-state index contributed by atoms with van der Waals surface area (Å²) in [6, 6.07) is 0. The van der Waals surface area contributed by atoms with Crippen molar-refractivity contribution in [1.82, 2.24) is 4.90 Å². The van der Waals surface area contributed by atoms with E-state index in [9.17, 15) is 8.42 Å². The number of primary sulfonamides is 1. The molecule has 0 saturated carbocycles. The Balaban J connectivity index is 2.32. The molecule has 0 aliphatic carbocycles. The lowest BCUT2D eigenvalue weighted by Gasteiger charge is -2.22. The van der Waals surface area contributed by atoms with Crippen molar-refractivity contribution in [2.24, 2.45) is 5.14 Å². The van der Waals surface area contributed by atoms with Crippen molar-refractivity contribution in [2.45, 2.75) is 12.8 Å². The molecular formula is C8H12N2O2S. The predicted molar refractivity (Wildman–Crippen MR) is 50.1 cm³/mol. The van der Waals surface area contributed by atoms with E-state index in [2.05, 4.69) is 4.90 Å². The van der Waals surface area contributed by atoms with E-state index in [0.717, 1.165) is 25.1 Å². The van der Waals surface area contributed by atoms with Gasteiger partial charge < -0.3 is 4.90 Å². The normalized spacial score (nSPS) is 22.4. The van der Waals surface area contributed by atoms with Gasteiger partial charge in [0, 0.05) is 18.8 Å². The second-order valence-corrected chi connectivity index (χ2v) is 4.90. The third-order valence-corrected chi connectivity index (χ3v) is 3.36. The van der Waals surface area contributed by atoms with Crippen LogP contribution in [0.15, 0.2) is 22.8 Å². The fourth-order valence-corrected chi connectivity index (χ4v) is 2.35. The van der Waals surface area contributed by atoms with E-state index >= 15 is 0 Å². The number of hydrogen-bond acceptors (Lipinski definition) is 3. The molecule has 0 amide bonds. The molecule has 0 atom stereocenters. The van der Waals surface area contributed by atoms with Gasteiger partial charge in [-0.1, -0.05) is 0 Å². The summed E-state index contributed by atoms with van der Waals surface area (Å²) in [6.45, 7) is 1.71. The van der Waals surface area contributed by atoms with Crippen molar-refractivity contribution in [3.8, 4) is 0 Å². The summed E-state index contributed by atoms with van der Waals surface area (Å²) in [5, 5.41) is 5.03. The van der Waals surface area contributed by atoms with Gasteiger partial charge in [-0.2, -0.15) is 0 Å². The summed E-state index contributed by atoms with van der Waals surface area (Å²) in [5.74, 6) is 0. The van der Waals surface area contributed by atoms with Gasteiger partial charge in [0.2, 0.25) is 10.0 Å². The van der Waals surface area contributed by atoms with Crippen LogP contribution < -0.4 is 5.14 Å². The standard InChI is InChI=1S/C8H12N2O2S/c9-13(11,12)8-3-5-10-4-1-2-7(10)6-8/h3,6H,1-2,4-5H2,(H2,9,11,12). The zero-order valence-corrected chi connectivity index (χ0v) is 8.05. The van der Waals surface area contributed by atoms with Crippen molar-refractivity contribution in [3.63, 3.8) is 0 Å². The third-order valence-electron chi connectivity index (χ3n) is 2.42. The van der Waals surface area contributed by atoms with Crippen molar-refractivity contribution in [3.05, 3.63) is 22.8 Å². The first-order valence-electron chi connectivity index (χ1n) is 4.26. The summed E-state index contributed by atoms with van der Waals surface area (Å²) >= 11 is 0. The van der Waals surface area contributed by atoms with E-state index in [0.29, 0.717) is 6.54 Å². The molecule has 0 aromatic heterocycles. The fourth-order valence-electron chi connectivity index (χ4n) is 1.75. The van der Waals surface area contributed by atoms with Gasteiger partial charge in [-0.3, -0.25) is 0 Å². The maximum absolute atomic E-state index is 11.0. The van der Waals surface area contributed by atoms with Crippen molar-refractivity contribution in [2.75, 3.05) is 13.1 Å². The zero-order valence-electron chi connectivity index (χ0n) is 7.23. The molecule has 2 aliphatic rings. The second-order valence-electron chi connectivity index (χ2n) is 3.34. The molecule has 0 unspecified atom stereocenters. The van der Waals surface area contributed by atoms with Crippen LogP contribution in [0.3, 0.4) is 0 Å². The van der Waals surface area contributed by atoms with Crippen molar-refractivity contribution in [1.29, 1.82) is 0 Å². The number of rotatable bonds is 1. The Bertz CT molecular complexity index is 381. The monoisotopic (exact) mass is 200 g/mol. The van der Waals surface area contributed by atoms with Gasteiger partial charge in [-0.25, -0.2) is 13.6 Å². The zero-order chi connectivity index (χ0) is 9.47. The second kappa shape index (κ2) is 2.85. The van der Waals surface area contributed by atoms with Crippen molar-refractivity contribution >= 4 is 10.0 Å². The lowest BCUT2D eigenvalue weighted by molar-refractivity contribution is 0.431. The molecule has 2 rings (SSSR count). The first kappa shape index (κ1) is 8.77. The van der Waals surface area contributed by atoms with Gasteiger partial charge in [-0.05, 0) is 25.0 Å². The van der Waals surface area contributed by atoms with Crippen LogP contribution in [0.2, 0.25) is 0 Å². The lowest BCUT2D eigenvalue weighted by Crippen LogP contribution is -2.24. The first-order valence-corrected chi connectivity index (χ1v) is 5.80. The summed E-state index contributed by atoms with van der Waals surface area (Å²) in [7, 11) is -3.51. The minimum Gasteiger partial charge on any atom is -0.371 e. The summed E-state index contributed by atoms with van der Waals surface area (Å²) in [4.78, 5) is 2.44. The van der Waals surface area contributed by atoms with Crippen LogP contribution >= 0.6 is 0 Å². The minimum absolute atomic E-state index is 0.264. The van der Waals surface area contributed by atoms with Crippen LogP contribution in [-0.4, -0.2) is 26.4 Å². The average molecular weight is 200 g/mol. The van der Waals surface area contributed by atoms with Crippen LogP contribution in [0.4, 0.5) is 0 Å². The largest absolute Gasteiger partial charge is 0.371 e. The van der Waals surface area contributed by atoms with Gasteiger partial charge in [0.05, 0.1) is 4.91 Å². The summed E-state index contributed by atoms with van der Waals surface area (Å²) in [6.07, 6.45) is 5.43. The molecule has 0 bridgehead atoms. The van der Waals surface area contributed by atoms with Gasteiger partial charge >= 0.3 is 0 Å². The first-order chi connectivity index (χ1) is 6.07. The maximum Gasteiger partial charge on any atom is 0.237 e. The molecule has 0 aromatic rings. The topological polar surface area (TPSA) is 63.4 Å². The van der Waals surface area contributed by atoms with Crippen LogP contribution in [0, 0.1) is 0 Å². The van der Waals surface area contributed by atoms with E-state index in [4.69, 9.17) is 5.14 Å². The number of nitrogens with zero attached hydrogens (tertiary/aromatic N) is 1. The van der Waals surface area contributed by atoms with E-state index < -0.39 is 10.0 Å². The predicted octanol–water partition coefficient (Wildman–Crippen LogP) is 0.152. The highest BCUT2D eigenvalue weighted by atomic mass is 32.2. The van der Waals surface area contributed by atoms with E-state index in [1.165, 1.54) is 0 Å². The Morgan fingerprint density at radius 3 is 2.92 bits per heavy atom. The third kappa shape index (κ3) is 1.62. The molecular weight excluding hydrogens is 188 g/mol. The molecule has 5 heteroatoms. The lowest BCUT2D eigenvalue weighted by atomic mass is 10.2. The molecule has 0 aromatic carbocycles. The molecule has 2 aliphatic heterocycles. The number of allylic oxidation sites excluding steroid dienone is 2. The molecule has 13 heavy (non-hydrogen) atoms. The van der Waals surface area contributed by atoms with Gasteiger partial charge in [0.15, 0.2) is 0 Å². The molecule has 4 nitrogen and oxygen atoms in total. The Morgan fingerprint density at radius 1 is 1.46 bits per heavy atom. The average Bonchev–Trinajstić information content (AvgIpc) is 2.47. The molecule has 1 fully saturated rings. The molecule has 0 spiro atoms. The van der Waals surface area contributed by atoms with E-state index in [-0.39, 0.29) is 4.91 Å². The van der Waals surface area contributed by atoms with Crippen molar-refractivity contribution < 1.29 is 8.42 Å². The Hall–Kier alpha value is -0.810. The van der Waals surface area contributed by atoms with Crippen LogP contribution in [-0.2, 0) is 10.0 Å². The van der Waals surface area contributed by atoms with E-state index in [1.807, 2.05) is 0 Å². The molecule has 2 heterocycles. The highest BCUT2D eigenvalue weighted by Gasteiger charge is 2.22. The van der Waals surface area contributed by atoms with Gasteiger partial charge in [0.1, 0.15) is 0 Å². The SMILES string of the molecule is NS(=O)(=O)C1=CCN2CCCC2=C1. The highest BCUT2D eigenvalue weighted by Crippen LogP contribution is 2.26. The maximum atomic E-state index is 11.0. The molecule has 1 saturated heterocycles. The summed E-state index contributed by atoms with van der Waals surface area (Å²) in [5.41, 5.74) is 1.10. The Labute approximate surface area is 77.8 Å². The number of fused-ring (bicyclic) bond motifs is 1. The molecule has 0 radical (unpaired) electrons. The fraction of sp³-hybridized carbons (Fsp3) is 0.500. The number of hydrogen-bond donors (Lipinski definition) is 1. The molecule has 2 N–H and O–H groups in total. The summed E-state index contributed by atoms with van der Waals surface area (Å²) < 4.78 is 22.0. The number of nitrogens with two attached hydrogens (primary N) is 1. The van der Waals surface area contributed by atoms with E-state index in [1.54, 1.807) is 12.2 Å². The minimum atomic E-state index is -3.51. The Morgan fingerprint density at radius 2 is 2.23 bits per heavy atom. The molecule has 72 valence electrons. The number of sulfonamides is 1. The Kier molecular flexibility index (Phi) is 1.92. The highest BCUT2D eigenvalue weighted by molar-refractivity contribution is 7.93. The quantitative estimate of drug-likeness (QED) is 0.655. The van der Waals surface area contributed by atoms with Crippen LogP contribution in [0.1, 0.15) is 12.8 Å². The van der Waals surface area contributed by atoms with Crippen LogP contribution in [0.5, 0.6) is 0 Å². The van der Waals surface area contributed by atoms with Crippen LogP contribution in [0.25, 0.3) is 0 Å². The van der Waals surface area contributed by atoms with Gasteiger partial charge in [0.25, 0.3) is 0 Å². The smallest absolute Gasteiger partial charge is 0.237 e. The van der Waals surface area contributed by atoms with Gasteiger partial charge in [-0.15, -0.1) is 0 Å².